The van der Waals surface area contributed by atoms with E-state index in [0.717, 1.165) is 11.1 Å². The Morgan fingerprint density at radius 1 is 0.788 bits per heavy atom. The molecular formula is C25H24F2N2O4. The van der Waals surface area contributed by atoms with Gasteiger partial charge >= 0.3 is 12.7 Å². The zero-order chi connectivity index (χ0) is 23.5. The summed E-state index contributed by atoms with van der Waals surface area (Å²) in [5, 5.41) is 5.39. The van der Waals surface area contributed by atoms with E-state index in [4.69, 9.17) is 4.74 Å². The predicted molar refractivity (Wildman–Crippen MR) is 119 cm³/mol. The van der Waals surface area contributed by atoms with Gasteiger partial charge in [0.15, 0.2) is 0 Å². The van der Waals surface area contributed by atoms with Crippen molar-refractivity contribution in [3.63, 3.8) is 0 Å². The van der Waals surface area contributed by atoms with Crippen LogP contribution >= 0.6 is 0 Å². The van der Waals surface area contributed by atoms with Crippen LogP contribution in [0.4, 0.5) is 13.6 Å². The van der Waals surface area contributed by atoms with E-state index < -0.39 is 24.7 Å². The zero-order valence-electron chi connectivity index (χ0n) is 17.7. The van der Waals surface area contributed by atoms with E-state index in [1.54, 1.807) is 12.1 Å². The summed E-state index contributed by atoms with van der Waals surface area (Å²) in [6.45, 7) is -2.67. The molecule has 0 aliphatic heterocycles. The molecule has 0 radical (unpaired) electrons. The summed E-state index contributed by atoms with van der Waals surface area (Å²) in [4.78, 5) is 25.2. The summed E-state index contributed by atoms with van der Waals surface area (Å²) < 4.78 is 34.1. The SMILES string of the molecule is O=C(NC(Cc1ccccc1)C(=O)NCc1ccc(OC(F)F)cc1)OCc1ccccc1. The highest BCUT2D eigenvalue weighted by atomic mass is 19.3. The number of hydrogen-bond acceptors (Lipinski definition) is 4. The second kappa shape index (κ2) is 12.2. The van der Waals surface area contributed by atoms with Gasteiger partial charge in [0, 0.05) is 13.0 Å². The van der Waals surface area contributed by atoms with Crippen molar-refractivity contribution in [2.45, 2.75) is 32.2 Å². The highest BCUT2D eigenvalue weighted by Crippen LogP contribution is 2.15. The van der Waals surface area contributed by atoms with E-state index in [1.165, 1.54) is 12.1 Å². The van der Waals surface area contributed by atoms with Crippen LogP contribution < -0.4 is 15.4 Å². The highest BCUT2D eigenvalue weighted by molar-refractivity contribution is 5.85. The smallest absolute Gasteiger partial charge is 0.408 e. The molecule has 0 bridgehead atoms. The van der Waals surface area contributed by atoms with Gasteiger partial charge in [0.25, 0.3) is 0 Å². The van der Waals surface area contributed by atoms with Crippen molar-refractivity contribution >= 4 is 12.0 Å². The average Bonchev–Trinajstić information content (AvgIpc) is 2.82. The zero-order valence-corrected chi connectivity index (χ0v) is 17.7. The lowest BCUT2D eigenvalue weighted by Gasteiger charge is -2.19. The summed E-state index contributed by atoms with van der Waals surface area (Å²) in [6.07, 6.45) is -0.433. The summed E-state index contributed by atoms with van der Waals surface area (Å²) >= 11 is 0. The Bertz CT molecular complexity index is 1020. The molecule has 0 aliphatic rings. The van der Waals surface area contributed by atoms with Crippen LogP contribution in [0.5, 0.6) is 5.75 Å². The molecule has 33 heavy (non-hydrogen) atoms. The van der Waals surface area contributed by atoms with Crippen LogP contribution in [0, 0.1) is 0 Å². The Hall–Kier alpha value is -3.94. The van der Waals surface area contributed by atoms with Crippen LogP contribution in [0.1, 0.15) is 16.7 Å². The van der Waals surface area contributed by atoms with Crippen LogP contribution in [0.15, 0.2) is 84.9 Å². The number of halogens is 2. The molecule has 3 rings (SSSR count). The first-order valence-electron chi connectivity index (χ1n) is 10.3. The van der Waals surface area contributed by atoms with Gasteiger partial charge in [0.1, 0.15) is 18.4 Å². The van der Waals surface area contributed by atoms with E-state index >= 15 is 0 Å². The monoisotopic (exact) mass is 454 g/mol. The molecular weight excluding hydrogens is 430 g/mol. The largest absolute Gasteiger partial charge is 0.445 e. The summed E-state index contributed by atoms with van der Waals surface area (Å²) in [5.74, 6) is -0.367. The molecule has 172 valence electrons. The van der Waals surface area contributed by atoms with E-state index in [2.05, 4.69) is 15.4 Å². The minimum absolute atomic E-state index is 0.0323. The topological polar surface area (TPSA) is 76.7 Å². The molecule has 3 aromatic carbocycles. The minimum Gasteiger partial charge on any atom is -0.445 e. The molecule has 0 aromatic heterocycles. The van der Waals surface area contributed by atoms with Gasteiger partial charge in [0.2, 0.25) is 5.91 Å². The molecule has 0 saturated carbocycles. The first kappa shape index (κ1) is 23.7. The molecule has 0 spiro atoms. The standard InChI is InChI=1S/C25H24F2N2O4/c26-24(27)33-21-13-11-19(12-14-21)16-28-23(30)22(15-18-7-3-1-4-8-18)29-25(31)32-17-20-9-5-2-6-10-20/h1-14,22,24H,15-17H2,(H,28,30)(H,29,31). The molecule has 2 N–H and O–H groups in total. The van der Waals surface area contributed by atoms with Gasteiger partial charge in [-0.15, -0.1) is 0 Å². The fourth-order valence-electron chi connectivity index (χ4n) is 3.07. The number of hydrogen-bond donors (Lipinski definition) is 2. The van der Waals surface area contributed by atoms with E-state index in [0.29, 0.717) is 5.56 Å². The molecule has 8 heteroatoms. The summed E-state index contributed by atoms with van der Waals surface area (Å²) in [5.41, 5.74) is 2.39. The van der Waals surface area contributed by atoms with Crippen molar-refractivity contribution in [1.29, 1.82) is 0 Å². The Kier molecular flexibility index (Phi) is 8.76. The number of carbonyl (C=O) groups excluding carboxylic acids is 2. The Morgan fingerprint density at radius 3 is 2.00 bits per heavy atom. The Labute approximate surface area is 190 Å². The predicted octanol–water partition coefficient (Wildman–Crippen LogP) is 4.44. The second-order valence-corrected chi connectivity index (χ2v) is 7.19. The molecule has 0 saturated heterocycles. The number of alkyl halides is 2. The maximum Gasteiger partial charge on any atom is 0.408 e. The lowest BCUT2D eigenvalue weighted by molar-refractivity contribution is -0.123. The molecule has 0 heterocycles. The summed E-state index contributed by atoms with van der Waals surface area (Å²) in [7, 11) is 0. The van der Waals surface area contributed by atoms with Gasteiger partial charge in [-0.3, -0.25) is 4.79 Å². The summed E-state index contributed by atoms with van der Waals surface area (Å²) in [6, 6.07) is 23.6. The molecule has 0 fully saturated rings. The number of ether oxygens (including phenoxy) is 2. The van der Waals surface area contributed by atoms with Crippen LogP contribution in [0.25, 0.3) is 0 Å². The second-order valence-electron chi connectivity index (χ2n) is 7.19. The van der Waals surface area contributed by atoms with Crippen molar-refractivity contribution in [3.05, 3.63) is 102 Å². The third kappa shape index (κ3) is 8.25. The van der Waals surface area contributed by atoms with Gasteiger partial charge in [-0.05, 0) is 28.8 Å². The Balaban J connectivity index is 1.59. The van der Waals surface area contributed by atoms with Crippen molar-refractivity contribution in [2.24, 2.45) is 0 Å². The minimum atomic E-state index is -2.90. The number of alkyl carbamates (subject to hydrolysis) is 1. The first-order valence-corrected chi connectivity index (χ1v) is 10.3. The number of carbonyl (C=O) groups is 2. The lowest BCUT2D eigenvalue weighted by Crippen LogP contribution is -2.48. The number of amides is 2. The van der Waals surface area contributed by atoms with Crippen molar-refractivity contribution < 1.29 is 27.8 Å². The van der Waals surface area contributed by atoms with E-state index in [-0.39, 0.29) is 25.3 Å². The van der Waals surface area contributed by atoms with Gasteiger partial charge in [0.05, 0.1) is 0 Å². The molecule has 2 amide bonds. The maximum atomic E-state index is 12.8. The molecule has 3 aromatic rings. The number of rotatable bonds is 10. The van der Waals surface area contributed by atoms with Crippen molar-refractivity contribution in [1.82, 2.24) is 10.6 Å². The number of benzene rings is 3. The fourth-order valence-corrected chi connectivity index (χ4v) is 3.07. The third-order valence-corrected chi connectivity index (χ3v) is 4.72. The normalized spacial score (nSPS) is 11.5. The third-order valence-electron chi connectivity index (χ3n) is 4.72. The fraction of sp³-hybridized carbons (Fsp3) is 0.200. The van der Waals surface area contributed by atoms with Crippen molar-refractivity contribution in [2.75, 3.05) is 0 Å². The maximum absolute atomic E-state index is 12.8. The van der Waals surface area contributed by atoms with E-state index in [9.17, 15) is 18.4 Å². The van der Waals surface area contributed by atoms with E-state index in [1.807, 2.05) is 60.7 Å². The lowest BCUT2D eigenvalue weighted by atomic mass is 10.1. The van der Waals surface area contributed by atoms with Crippen LogP contribution in [0.2, 0.25) is 0 Å². The van der Waals surface area contributed by atoms with Gasteiger partial charge in [-0.2, -0.15) is 8.78 Å². The molecule has 1 atom stereocenters. The van der Waals surface area contributed by atoms with Crippen LogP contribution in [0.3, 0.4) is 0 Å². The molecule has 1 unspecified atom stereocenters. The molecule has 6 nitrogen and oxygen atoms in total. The van der Waals surface area contributed by atoms with Gasteiger partial charge in [-0.25, -0.2) is 4.79 Å². The number of nitrogens with one attached hydrogen (secondary N) is 2. The highest BCUT2D eigenvalue weighted by Gasteiger charge is 2.22. The van der Waals surface area contributed by atoms with Crippen LogP contribution in [-0.2, 0) is 29.1 Å². The van der Waals surface area contributed by atoms with Gasteiger partial charge in [-0.1, -0.05) is 72.8 Å². The van der Waals surface area contributed by atoms with Crippen LogP contribution in [-0.4, -0.2) is 24.7 Å². The quantitative estimate of drug-likeness (QED) is 0.475. The van der Waals surface area contributed by atoms with Gasteiger partial charge < -0.3 is 20.1 Å². The van der Waals surface area contributed by atoms with Crippen molar-refractivity contribution in [3.8, 4) is 5.75 Å². The molecule has 0 aliphatic carbocycles. The average molecular weight is 454 g/mol. The first-order chi connectivity index (χ1) is 16.0. The Morgan fingerprint density at radius 2 is 1.39 bits per heavy atom.